The molecule has 0 amide bonds. The Morgan fingerprint density at radius 2 is 1.94 bits per heavy atom. The molecule has 0 aromatic heterocycles. The Bertz CT molecular complexity index is 239. The Labute approximate surface area is 112 Å². The third kappa shape index (κ3) is 4.22. The van der Waals surface area contributed by atoms with Crippen molar-refractivity contribution in [3.63, 3.8) is 0 Å². The minimum Gasteiger partial charge on any atom is -0.378 e. The molecule has 0 aromatic carbocycles. The van der Waals surface area contributed by atoms with Gasteiger partial charge in [0.25, 0.3) is 0 Å². The van der Waals surface area contributed by atoms with Crippen LogP contribution in [0.3, 0.4) is 0 Å². The second-order valence-corrected chi connectivity index (χ2v) is 6.45. The van der Waals surface area contributed by atoms with Crippen LogP contribution < -0.4 is 5.32 Å². The minimum absolute atomic E-state index is 0.454. The van der Waals surface area contributed by atoms with E-state index in [0.29, 0.717) is 24.1 Å². The molecule has 0 bridgehead atoms. The van der Waals surface area contributed by atoms with Crippen molar-refractivity contribution in [2.24, 2.45) is 5.92 Å². The molecule has 3 heteroatoms. The second kappa shape index (κ2) is 6.88. The van der Waals surface area contributed by atoms with Crippen LogP contribution in [0.4, 0.5) is 0 Å². The van der Waals surface area contributed by atoms with Gasteiger partial charge in [-0.1, -0.05) is 13.8 Å². The Morgan fingerprint density at radius 1 is 1.22 bits per heavy atom. The highest BCUT2D eigenvalue weighted by molar-refractivity contribution is 4.82. The maximum Gasteiger partial charge on any atom is 0.0612 e. The molecular weight excluding hydrogens is 224 g/mol. The molecule has 3 atom stereocenters. The van der Waals surface area contributed by atoms with Crippen molar-refractivity contribution in [1.29, 1.82) is 0 Å². The van der Waals surface area contributed by atoms with Crippen LogP contribution in [0, 0.1) is 5.92 Å². The zero-order valence-electron chi connectivity index (χ0n) is 12.3. The Morgan fingerprint density at radius 3 is 2.61 bits per heavy atom. The van der Waals surface area contributed by atoms with Gasteiger partial charge < -0.3 is 15.0 Å². The van der Waals surface area contributed by atoms with Gasteiger partial charge in [-0.2, -0.15) is 0 Å². The molecule has 0 aliphatic carbocycles. The predicted molar refractivity (Wildman–Crippen MR) is 75.9 cm³/mol. The molecule has 2 saturated heterocycles. The lowest BCUT2D eigenvalue weighted by atomic mass is 9.95. The summed E-state index contributed by atoms with van der Waals surface area (Å²) in [6.45, 7) is 11.6. The molecule has 3 nitrogen and oxygen atoms in total. The van der Waals surface area contributed by atoms with E-state index >= 15 is 0 Å². The van der Waals surface area contributed by atoms with Gasteiger partial charge in [-0.05, 0) is 51.6 Å². The van der Waals surface area contributed by atoms with Crippen LogP contribution in [0.2, 0.25) is 0 Å². The van der Waals surface area contributed by atoms with Crippen molar-refractivity contribution in [3.05, 3.63) is 0 Å². The summed E-state index contributed by atoms with van der Waals surface area (Å²) in [4.78, 5) is 2.59. The number of nitrogens with one attached hydrogen (secondary N) is 1. The summed E-state index contributed by atoms with van der Waals surface area (Å²) in [6, 6.07) is 1.27. The fourth-order valence-corrected chi connectivity index (χ4v) is 3.25. The van der Waals surface area contributed by atoms with Crippen molar-refractivity contribution >= 4 is 0 Å². The summed E-state index contributed by atoms with van der Waals surface area (Å²) in [5, 5.41) is 3.81. The molecular formula is C15H30N2O. The van der Waals surface area contributed by atoms with Crippen LogP contribution in [0.1, 0.15) is 46.5 Å². The molecule has 0 saturated carbocycles. The van der Waals surface area contributed by atoms with Gasteiger partial charge in [0.1, 0.15) is 0 Å². The third-order valence-electron chi connectivity index (χ3n) is 4.31. The van der Waals surface area contributed by atoms with Crippen LogP contribution in [-0.4, -0.2) is 49.3 Å². The fourth-order valence-electron chi connectivity index (χ4n) is 3.25. The van der Waals surface area contributed by atoms with Gasteiger partial charge in [-0.15, -0.1) is 0 Å². The van der Waals surface area contributed by atoms with E-state index in [0.717, 1.165) is 6.61 Å². The van der Waals surface area contributed by atoms with E-state index in [1.54, 1.807) is 0 Å². The Hall–Kier alpha value is -0.120. The molecule has 106 valence electrons. The molecule has 2 heterocycles. The first-order chi connectivity index (χ1) is 8.65. The molecule has 0 spiro atoms. The molecule has 2 aliphatic heterocycles. The van der Waals surface area contributed by atoms with E-state index in [-0.39, 0.29) is 0 Å². The number of hydrogen-bond acceptors (Lipinski definition) is 3. The van der Waals surface area contributed by atoms with Gasteiger partial charge in [0.2, 0.25) is 0 Å². The SMILES string of the molecule is CC(CN1CCCC1)NC1CCOC(C(C)C)C1. The molecule has 0 radical (unpaired) electrons. The molecule has 0 aromatic rings. The average molecular weight is 254 g/mol. The van der Waals surface area contributed by atoms with Crippen LogP contribution in [0.15, 0.2) is 0 Å². The molecule has 18 heavy (non-hydrogen) atoms. The topological polar surface area (TPSA) is 24.5 Å². The van der Waals surface area contributed by atoms with Gasteiger partial charge in [0, 0.05) is 25.2 Å². The van der Waals surface area contributed by atoms with Gasteiger partial charge in [-0.25, -0.2) is 0 Å². The quantitative estimate of drug-likeness (QED) is 0.814. The van der Waals surface area contributed by atoms with Crippen molar-refractivity contribution in [3.8, 4) is 0 Å². The van der Waals surface area contributed by atoms with E-state index < -0.39 is 0 Å². The Kier molecular flexibility index (Phi) is 5.46. The van der Waals surface area contributed by atoms with Crippen molar-refractivity contribution < 1.29 is 4.74 Å². The summed E-state index contributed by atoms with van der Waals surface area (Å²) in [6.07, 6.45) is 5.59. The predicted octanol–water partition coefficient (Wildman–Crippen LogP) is 2.26. The van der Waals surface area contributed by atoms with Gasteiger partial charge in [0.05, 0.1) is 6.10 Å². The fraction of sp³-hybridized carbons (Fsp3) is 1.00. The first-order valence-corrected chi connectivity index (χ1v) is 7.75. The lowest BCUT2D eigenvalue weighted by molar-refractivity contribution is -0.0260. The summed E-state index contributed by atoms with van der Waals surface area (Å²) < 4.78 is 5.83. The highest BCUT2D eigenvalue weighted by Gasteiger charge is 2.26. The van der Waals surface area contributed by atoms with Crippen LogP contribution in [0.25, 0.3) is 0 Å². The van der Waals surface area contributed by atoms with Gasteiger partial charge in [0.15, 0.2) is 0 Å². The number of ether oxygens (including phenoxy) is 1. The highest BCUT2D eigenvalue weighted by Crippen LogP contribution is 2.20. The highest BCUT2D eigenvalue weighted by atomic mass is 16.5. The smallest absolute Gasteiger partial charge is 0.0612 e. The zero-order chi connectivity index (χ0) is 13.0. The van der Waals surface area contributed by atoms with Gasteiger partial charge in [-0.3, -0.25) is 0 Å². The largest absolute Gasteiger partial charge is 0.378 e. The van der Waals surface area contributed by atoms with Crippen LogP contribution in [0.5, 0.6) is 0 Å². The number of hydrogen-bond donors (Lipinski definition) is 1. The lowest BCUT2D eigenvalue weighted by Crippen LogP contribution is -2.47. The van der Waals surface area contributed by atoms with E-state index in [4.69, 9.17) is 4.74 Å². The average Bonchev–Trinajstić information content (AvgIpc) is 2.82. The van der Waals surface area contributed by atoms with Crippen molar-refractivity contribution in [2.45, 2.75) is 64.6 Å². The first kappa shape index (κ1) is 14.3. The molecule has 2 rings (SSSR count). The standard InChI is InChI=1S/C15H30N2O/c1-12(2)15-10-14(6-9-18-15)16-13(3)11-17-7-4-5-8-17/h12-16H,4-11H2,1-3H3. The third-order valence-corrected chi connectivity index (χ3v) is 4.31. The summed E-state index contributed by atoms with van der Waals surface area (Å²) in [5.74, 6) is 0.642. The van der Waals surface area contributed by atoms with Crippen LogP contribution >= 0.6 is 0 Å². The van der Waals surface area contributed by atoms with E-state index in [1.165, 1.54) is 45.3 Å². The summed E-state index contributed by atoms with van der Waals surface area (Å²) >= 11 is 0. The van der Waals surface area contributed by atoms with E-state index in [9.17, 15) is 0 Å². The molecule has 1 N–H and O–H groups in total. The molecule has 2 aliphatic rings. The number of likely N-dealkylation sites (tertiary alicyclic amines) is 1. The van der Waals surface area contributed by atoms with E-state index in [1.807, 2.05) is 0 Å². The second-order valence-electron chi connectivity index (χ2n) is 6.45. The minimum atomic E-state index is 0.454. The van der Waals surface area contributed by atoms with E-state index in [2.05, 4.69) is 31.0 Å². The maximum absolute atomic E-state index is 5.83. The zero-order valence-corrected chi connectivity index (χ0v) is 12.3. The Balaban J connectivity index is 1.70. The van der Waals surface area contributed by atoms with Crippen LogP contribution in [-0.2, 0) is 4.74 Å². The monoisotopic (exact) mass is 254 g/mol. The first-order valence-electron chi connectivity index (χ1n) is 7.75. The van der Waals surface area contributed by atoms with Crippen molar-refractivity contribution in [2.75, 3.05) is 26.2 Å². The van der Waals surface area contributed by atoms with Gasteiger partial charge >= 0.3 is 0 Å². The number of nitrogens with zero attached hydrogens (tertiary/aromatic N) is 1. The number of rotatable bonds is 5. The lowest BCUT2D eigenvalue weighted by Gasteiger charge is -2.34. The molecule has 2 fully saturated rings. The molecule has 3 unspecified atom stereocenters. The summed E-state index contributed by atoms with van der Waals surface area (Å²) in [5.41, 5.74) is 0. The summed E-state index contributed by atoms with van der Waals surface area (Å²) in [7, 11) is 0. The maximum atomic E-state index is 5.83. The normalized spacial score (nSPS) is 32.0. The van der Waals surface area contributed by atoms with Crippen molar-refractivity contribution in [1.82, 2.24) is 10.2 Å².